The number of rotatable bonds is 4. The summed E-state index contributed by atoms with van der Waals surface area (Å²) < 4.78 is 31.6. The van der Waals surface area contributed by atoms with Gasteiger partial charge in [-0.25, -0.2) is 8.42 Å². The molecule has 5 nitrogen and oxygen atoms in total. The van der Waals surface area contributed by atoms with Crippen LogP contribution >= 0.6 is 23.8 Å². The molecule has 8 heteroatoms. The maximum absolute atomic E-state index is 12.5. The monoisotopic (exact) mass is 334 g/mol. The molecule has 1 atom stereocenters. The van der Waals surface area contributed by atoms with Crippen molar-refractivity contribution in [3.63, 3.8) is 0 Å². The van der Waals surface area contributed by atoms with Gasteiger partial charge in [-0.05, 0) is 18.6 Å². The van der Waals surface area contributed by atoms with Crippen molar-refractivity contribution >= 4 is 38.8 Å². The van der Waals surface area contributed by atoms with Gasteiger partial charge in [-0.15, -0.1) is 0 Å². The molecule has 110 valence electrons. The molecule has 1 saturated heterocycles. The molecule has 1 unspecified atom stereocenters. The van der Waals surface area contributed by atoms with Crippen LogP contribution in [0.5, 0.6) is 0 Å². The number of ether oxygens (including phenoxy) is 1. The second-order valence-electron chi connectivity index (χ2n) is 4.55. The lowest BCUT2D eigenvalue weighted by Crippen LogP contribution is -2.37. The lowest BCUT2D eigenvalue weighted by molar-refractivity contribution is 0.181. The van der Waals surface area contributed by atoms with Gasteiger partial charge in [-0.1, -0.05) is 29.9 Å². The fourth-order valence-electron chi connectivity index (χ4n) is 2.02. The lowest BCUT2D eigenvalue weighted by atomic mass is 10.2. The van der Waals surface area contributed by atoms with Crippen LogP contribution in [-0.4, -0.2) is 44.0 Å². The number of nitrogens with zero attached hydrogens (tertiary/aromatic N) is 1. The molecule has 1 aliphatic rings. The molecule has 1 heterocycles. The second-order valence-corrected chi connectivity index (χ2v) is 7.36. The number of halogens is 1. The van der Waals surface area contributed by atoms with Crippen LogP contribution in [0.4, 0.5) is 0 Å². The Morgan fingerprint density at radius 3 is 2.75 bits per heavy atom. The Labute approximate surface area is 128 Å². The summed E-state index contributed by atoms with van der Waals surface area (Å²) in [6, 6.07) is 4.29. The molecular formula is C12H15ClN2O3S2. The van der Waals surface area contributed by atoms with Gasteiger partial charge in [0.05, 0.1) is 17.7 Å². The SMILES string of the molecule is CN(C1CCOC1)S(=O)(=O)c1ccc(C(N)=S)cc1Cl. The first-order valence-electron chi connectivity index (χ1n) is 5.99. The molecule has 1 fully saturated rings. The Morgan fingerprint density at radius 1 is 1.55 bits per heavy atom. The van der Waals surface area contributed by atoms with E-state index in [-0.39, 0.29) is 20.9 Å². The van der Waals surface area contributed by atoms with Gasteiger partial charge in [-0.3, -0.25) is 0 Å². The van der Waals surface area contributed by atoms with Crippen LogP contribution in [0.2, 0.25) is 5.02 Å². The van der Waals surface area contributed by atoms with Crippen LogP contribution in [-0.2, 0) is 14.8 Å². The largest absolute Gasteiger partial charge is 0.389 e. The third-order valence-electron chi connectivity index (χ3n) is 3.29. The third-order valence-corrected chi connectivity index (χ3v) is 5.92. The van der Waals surface area contributed by atoms with Crippen LogP contribution in [0.1, 0.15) is 12.0 Å². The van der Waals surface area contributed by atoms with Crippen LogP contribution in [0.3, 0.4) is 0 Å². The van der Waals surface area contributed by atoms with Gasteiger partial charge in [0, 0.05) is 19.2 Å². The smallest absolute Gasteiger partial charge is 0.244 e. The van der Waals surface area contributed by atoms with Gasteiger partial charge in [0.15, 0.2) is 0 Å². The number of benzene rings is 1. The number of thiocarbonyl (C=S) groups is 1. The minimum atomic E-state index is -3.66. The van der Waals surface area contributed by atoms with Crippen molar-refractivity contribution in [2.24, 2.45) is 5.73 Å². The Bertz CT molecular complexity index is 628. The molecule has 1 aromatic carbocycles. The van der Waals surface area contributed by atoms with Crippen molar-refractivity contribution in [3.05, 3.63) is 28.8 Å². The minimum Gasteiger partial charge on any atom is -0.389 e. The molecule has 0 radical (unpaired) electrons. The van der Waals surface area contributed by atoms with Crippen LogP contribution in [0, 0.1) is 0 Å². The van der Waals surface area contributed by atoms with Crippen molar-refractivity contribution in [2.45, 2.75) is 17.4 Å². The molecule has 20 heavy (non-hydrogen) atoms. The summed E-state index contributed by atoms with van der Waals surface area (Å²) in [5, 5.41) is 0.112. The predicted molar refractivity (Wildman–Crippen MR) is 81.5 cm³/mol. The van der Waals surface area contributed by atoms with Gasteiger partial charge < -0.3 is 10.5 Å². The van der Waals surface area contributed by atoms with E-state index < -0.39 is 10.0 Å². The summed E-state index contributed by atoms with van der Waals surface area (Å²) in [4.78, 5) is 0.224. The Balaban J connectivity index is 2.36. The van der Waals surface area contributed by atoms with E-state index in [1.54, 1.807) is 6.07 Å². The normalized spacial score (nSPS) is 19.4. The van der Waals surface area contributed by atoms with Gasteiger partial charge in [0.25, 0.3) is 0 Å². The van der Waals surface area contributed by atoms with Crippen molar-refractivity contribution in [3.8, 4) is 0 Å². The fraction of sp³-hybridized carbons (Fsp3) is 0.417. The van der Waals surface area contributed by atoms with Gasteiger partial charge >= 0.3 is 0 Å². The highest BCUT2D eigenvalue weighted by Gasteiger charge is 2.32. The highest BCUT2D eigenvalue weighted by atomic mass is 35.5. The first-order chi connectivity index (χ1) is 9.34. The highest BCUT2D eigenvalue weighted by Crippen LogP contribution is 2.27. The maximum atomic E-state index is 12.5. The summed E-state index contributed by atoms with van der Waals surface area (Å²) in [5.74, 6) is 0. The first kappa shape index (κ1) is 15.7. The van der Waals surface area contributed by atoms with E-state index in [1.165, 1.54) is 23.5 Å². The Hall–Kier alpha value is -0.730. The fourth-order valence-corrected chi connectivity index (χ4v) is 4.04. The summed E-state index contributed by atoms with van der Waals surface area (Å²) in [5.41, 5.74) is 6.04. The number of likely N-dealkylation sites (N-methyl/N-ethyl adjacent to an activating group) is 1. The zero-order valence-electron chi connectivity index (χ0n) is 10.9. The molecule has 0 amide bonds. The van der Waals surface area contributed by atoms with E-state index in [0.717, 1.165) is 0 Å². The summed E-state index contributed by atoms with van der Waals surface area (Å²) in [7, 11) is -2.12. The van der Waals surface area contributed by atoms with Crippen molar-refractivity contribution in [1.29, 1.82) is 0 Å². The number of sulfonamides is 1. The summed E-state index contributed by atoms with van der Waals surface area (Å²) in [6.45, 7) is 0.969. The molecule has 0 saturated carbocycles. The van der Waals surface area contributed by atoms with Crippen molar-refractivity contribution in [1.82, 2.24) is 4.31 Å². The molecular weight excluding hydrogens is 320 g/mol. The van der Waals surface area contributed by atoms with Crippen molar-refractivity contribution < 1.29 is 13.2 Å². The molecule has 2 N–H and O–H groups in total. The average Bonchev–Trinajstić information content (AvgIpc) is 2.90. The average molecular weight is 335 g/mol. The zero-order valence-corrected chi connectivity index (χ0v) is 13.3. The summed E-state index contributed by atoms with van der Waals surface area (Å²) in [6.07, 6.45) is 0.679. The molecule has 1 aromatic rings. The van der Waals surface area contributed by atoms with Gasteiger partial charge in [0.2, 0.25) is 10.0 Å². The molecule has 0 bridgehead atoms. The lowest BCUT2D eigenvalue weighted by Gasteiger charge is -2.23. The first-order valence-corrected chi connectivity index (χ1v) is 8.22. The number of nitrogens with two attached hydrogens (primary N) is 1. The van der Waals surface area contributed by atoms with Crippen molar-refractivity contribution in [2.75, 3.05) is 20.3 Å². The minimum absolute atomic E-state index is 0.0496. The van der Waals surface area contributed by atoms with Gasteiger partial charge in [0.1, 0.15) is 9.88 Å². The molecule has 0 aliphatic carbocycles. The van der Waals surface area contributed by atoms with E-state index in [4.69, 9.17) is 34.3 Å². The van der Waals surface area contributed by atoms with E-state index in [9.17, 15) is 8.42 Å². The molecule has 0 spiro atoms. The molecule has 1 aliphatic heterocycles. The van der Waals surface area contributed by atoms with Gasteiger partial charge in [-0.2, -0.15) is 4.31 Å². The highest BCUT2D eigenvalue weighted by molar-refractivity contribution is 7.89. The van der Waals surface area contributed by atoms with Crippen LogP contribution < -0.4 is 5.73 Å². The Kier molecular flexibility index (Phi) is 4.66. The number of hydrogen-bond donors (Lipinski definition) is 1. The second kappa shape index (κ2) is 5.95. The maximum Gasteiger partial charge on any atom is 0.244 e. The van der Waals surface area contributed by atoms with E-state index in [1.807, 2.05) is 0 Å². The third kappa shape index (κ3) is 2.96. The van der Waals surface area contributed by atoms with Crippen LogP contribution in [0.15, 0.2) is 23.1 Å². The quantitative estimate of drug-likeness (QED) is 0.842. The predicted octanol–water partition coefficient (Wildman–Crippen LogP) is 1.38. The molecule has 0 aromatic heterocycles. The topological polar surface area (TPSA) is 72.6 Å². The zero-order chi connectivity index (χ0) is 14.9. The van der Waals surface area contributed by atoms with E-state index in [2.05, 4.69) is 0 Å². The Morgan fingerprint density at radius 2 is 2.25 bits per heavy atom. The number of hydrogen-bond acceptors (Lipinski definition) is 4. The molecule has 2 rings (SSSR count). The standard InChI is InChI=1S/C12H15ClN2O3S2/c1-15(9-4-5-18-7-9)20(16,17)11-3-2-8(12(14)19)6-10(11)13/h2-3,6,9H,4-5,7H2,1H3,(H2,14,19). The van der Waals surface area contributed by atoms with Crippen LogP contribution in [0.25, 0.3) is 0 Å². The van der Waals surface area contributed by atoms with E-state index in [0.29, 0.717) is 25.2 Å². The van der Waals surface area contributed by atoms with E-state index >= 15 is 0 Å². The summed E-state index contributed by atoms with van der Waals surface area (Å²) >= 11 is 10.9.